The Bertz CT molecular complexity index is 2180. The van der Waals surface area contributed by atoms with E-state index < -0.39 is 17.0 Å². The van der Waals surface area contributed by atoms with E-state index in [-0.39, 0.29) is 23.6 Å². The Morgan fingerprint density at radius 1 is 1.00 bits per heavy atom. The minimum absolute atomic E-state index is 0.00108. The average molecular weight is 759 g/mol. The average Bonchev–Trinajstić information content (AvgIpc) is 3.69. The largest absolute Gasteiger partial charge is 0.454 e. The molecule has 6 aromatic rings. The smallest absolute Gasteiger partial charge is 0.168 e. The highest BCUT2D eigenvalue weighted by molar-refractivity contribution is 9.10. The van der Waals surface area contributed by atoms with Crippen LogP contribution in [-0.2, 0) is 19.0 Å². The van der Waals surface area contributed by atoms with Crippen molar-refractivity contribution < 1.29 is 13.5 Å². The molecule has 1 atom stereocenters. The van der Waals surface area contributed by atoms with Crippen LogP contribution in [0.3, 0.4) is 0 Å². The van der Waals surface area contributed by atoms with Crippen molar-refractivity contribution in [1.82, 2.24) is 18.7 Å². The van der Waals surface area contributed by atoms with Crippen molar-refractivity contribution in [2.75, 3.05) is 11.5 Å². The molecule has 1 unspecified atom stereocenters. The first-order valence-corrected chi connectivity index (χ1v) is 18.3. The fourth-order valence-electron chi connectivity index (χ4n) is 5.66. The molecule has 0 bridgehead atoms. The van der Waals surface area contributed by atoms with Crippen molar-refractivity contribution in [2.45, 2.75) is 37.1 Å². The third-order valence-electron chi connectivity index (χ3n) is 8.34. The molecule has 0 aliphatic rings. The molecular weight excluding hydrogens is 724 g/mol. The first kappa shape index (κ1) is 34.8. The highest BCUT2D eigenvalue weighted by Gasteiger charge is 2.34. The number of aryl methyl sites for hydroxylation is 1. The van der Waals surface area contributed by atoms with E-state index in [9.17, 15) is 0 Å². The summed E-state index contributed by atoms with van der Waals surface area (Å²) in [7, 11) is 1.74. The lowest BCUT2D eigenvalue weighted by Gasteiger charge is -2.27. The van der Waals surface area contributed by atoms with Crippen LogP contribution < -0.4 is 10.5 Å². The molecule has 0 saturated heterocycles. The SMILES string of the molecule is CC#CCSCCC(C)(c1cccc(Br)c1)c1nc(-c2cc(Oc3c(F)cc4c(ccn4Sc4ccccc4)c3CN)ccc2F)n(C)n1. The number of fused-ring (bicyclic) bond motifs is 1. The highest BCUT2D eigenvalue weighted by Crippen LogP contribution is 2.40. The quantitative estimate of drug-likeness (QED) is 0.0991. The first-order valence-electron chi connectivity index (χ1n) is 15.6. The second-order valence-corrected chi connectivity index (χ2v) is 14.6. The molecule has 0 radical (unpaired) electrons. The van der Waals surface area contributed by atoms with E-state index in [1.165, 1.54) is 36.2 Å². The highest BCUT2D eigenvalue weighted by atomic mass is 79.9. The summed E-state index contributed by atoms with van der Waals surface area (Å²) in [6.45, 7) is 3.98. The van der Waals surface area contributed by atoms with Crippen LogP contribution >= 0.6 is 39.6 Å². The molecule has 0 fully saturated rings. The van der Waals surface area contributed by atoms with Gasteiger partial charge in [0.05, 0.1) is 22.2 Å². The summed E-state index contributed by atoms with van der Waals surface area (Å²) < 4.78 is 41.9. The number of nitrogens with zero attached hydrogens (tertiary/aromatic N) is 4. The number of nitrogens with two attached hydrogens (primary N) is 1. The maximum Gasteiger partial charge on any atom is 0.168 e. The van der Waals surface area contributed by atoms with Crippen molar-refractivity contribution in [3.05, 3.63) is 124 Å². The number of ether oxygens (including phenoxy) is 1. The summed E-state index contributed by atoms with van der Waals surface area (Å²) in [4.78, 5) is 5.93. The summed E-state index contributed by atoms with van der Waals surface area (Å²) in [6, 6.07) is 25.6. The van der Waals surface area contributed by atoms with Gasteiger partial charge >= 0.3 is 0 Å². The molecule has 2 heterocycles. The van der Waals surface area contributed by atoms with Gasteiger partial charge in [-0.25, -0.2) is 18.4 Å². The van der Waals surface area contributed by atoms with Crippen LogP contribution in [0.4, 0.5) is 8.78 Å². The van der Waals surface area contributed by atoms with Gasteiger partial charge in [-0.05, 0) is 92.1 Å². The number of hydrogen-bond donors (Lipinski definition) is 1. The summed E-state index contributed by atoms with van der Waals surface area (Å²) >= 11 is 6.83. The predicted octanol–water partition coefficient (Wildman–Crippen LogP) is 9.74. The Morgan fingerprint density at radius 3 is 2.57 bits per heavy atom. The van der Waals surface area contributed by atoms with E-state index in [2.05, 4.69) is 46.8 Å². The molecule has 0 spiro atoms. The number of rotatable bonds is 12. The minimum Gasteiger partial charge on any atom is -0.454 e. The normalized spacial score (nSPS) is 12.5. The molecule has 250 valence electrons. The zero-order valence-electron chi connectivity index (χ0n) is 27.2. The van der Waals surface area contributed by atoms with Crippen LogP contribution in [0.1, 0.15) is 37.2 Å². The number of halogens is 3. The summed E-state index contributed by atoms with van der Waals surface area (Å²) in [5.74, 6) is 7.67. The Balaban J connectivity index is 1.33. The summed E-state index contributed by atoms with van der Waals surface area (Å²) in [6.07, 6.45) is 2.62. The van der Waals surface area contributed by atoms with Gasteiger partial charge in [-0.2, -0.15) is 5.10 Å². The van der Waals surface area contributed by atoms with Gasteiger partial charge in [0, 0.05) is 46.2 Å². The van der Waals surface area contributed by atoms with E-state index >= 15 is 8.78 Å². The molecule has 11 heteroatoms. The van der Waals surface area contributed by atoms with Gasteiger partial charge in [-0.15, -0.1) is 17.7 Å². The molecule has 0 aliphatic heterocycles. The van der Waals surface area contributed by atoms with Crippen LogP contribution in [0, 0.1) is 23.5 Å². The Hall–Kier alpha value is -4.08. The first-order chi connectivity index (χ1) is 23.7. The number of aromatic nitrogens is 4. The van der Waals surface area contributed by atoms with Crippen LogP contribution in [0.15, 0.2) is 100 Å². The molecule has 6 rings (SSSR count). The van der Waals surface area contributed by atoms with E-state index in [4.69, 9.17) is 20.6 Å². The monoisotopic (exact) mass is 757 g/mol. The van der Waals surface area contributed by atoms with Gasteiger partial charge in [0.2, 0.25) is 0 Å². The van der Waals surface area contributed by atoms with Gasteiger partial charge < -0.3 is 10.5 Å². The van der Waals surface area contributed by atoms with E-state index in [0.717, 1.165) is 38.2 Å². The van der Waals surface area contributed by atoms with Crippen LogP contribution in [-0.4, -0.2) is 30.2 Å². The number of hydrogen-bond acceptors (Lipinski definition) is 6. The zero-order chi connectivity index (χ0) is 34.5. The summed E-state index contributed by atoms with van der Waals surface area (Å²) in [5.41, 5.74) is 8.01. The zero-order valence-corrected chi connectivity index (χ0v) is 30.4. The second kappa shape index (κ2) is 15.2. The van der Waals surface area contributed by atoms with Crippen molar-refractivity contribution in [3.8, 4) is 34.7 Å². The van der Waals surface area contributed by atoms with Crippen LogP contribution in [0.2, 0.25) is 0 Å². The Labute approximate surface area is 301 Å². The molecule has 4 aromatic carbocycles. The molecular formula is C38H34BrF2N5OS2. The van der Waals surface area contributed by atoms with Gasteiger partial charge in [0.15, 0.2) is 23.2 Å². The maximum absolute atomic E-state index is 15.8. The van der Waals surface area contributed by atoms with E-state index in [1.807, 2.05) is 65.6 Å². The maximum atomic E-state index is 15.8. The third kappa shape index (κ3) is 7.43. The molecule has 0 aliphatic carbocycles. The topological polar surface area (TPSA) is 70.9 Å². The molecule has 0 saturated carbocycles. The fourth-order valence-corrected chi connectivity index (χ4v) is 7.88. The molecule has 0 amide bonds. The Morgan fingerprint density at radius 2 is 1.82 bits per heavy atom. The molecule has 2 aromatic heterocycles. The Kier molecular flexibility index (Phi) is 10.8. The molecule has 2 N–H and O–H groups in total. The predicted molar refractivity (Wildman–Crippen MR) is 200 cm³/mol. The third-order valence-corrected chi connectivity index (χ3v) is 10.7. The lowest BCUT2D eigenvalue weighted by Crippen LogP contribution is -2.26. The van der Waals surface area contributed by atoms with Crippen molar-refractivity contribution >= 4 is 50.5 Å². The molecule has 6 nitrogen and oxygen atoms in total. The van der Waals surface area contributed by atoms with Crippen LogP contribution in [0.5, 0.6) is 11.5 Å². The fraction of sp³-hybridized carbons (Fsp3) is 0.211. The van der Waals surface area contributed by atoms with Gasteiger partial charge in [0.1, 0.15) is 11.6 Å². The van der Waals surface area contributed by atoms with Crippen LogP contribution in [0.25, 0.3) is 22.3 Å². The van der Waals surface area contributed by atoms with E-state index in [0.29, 0.717) is 22.7 Å². The molecule has 49 heavy (non-hydrogen) atoms. The lowest BCUT2D eigenvalue weighted by atomic mass is 9.79. The van der Waals surface area contributed by atoms with E-state index in [1.54, 1.807) is 23.5 Å². The summed E-state index contributed by atoms with van der Waals surface area (Å²) in [5, 5.41) is 5.58. The number of benzene rings is 4. The van der Waals surface area contributed by atoms with Crippen molar-refractivity contribution in [3.63, 3.8) is 0 Å². The van der Waals surface area contributed by atoms with Gasteiger partial charge in [-0.3, -0.25) is 3.97 Å². The van der Waals surface area contributed by atoms with Crippen molar-refractivity contribution in [2.24, 2.45) is 12.8 Å². The number of thioether (sulfide) groups is 1. The standard InChI is InChI=1S/C38H34BrF2N5OS2/c1-4-5-19-48-20-17-38(2,25-10-9-11-26(39)21-25)37-43-36(45(3)44-37)30-22-27(14-15-32(30)40)47-35-31(24-42)29-16-18-46(34(29)23-33(35)41)49-28-12-7-6-8-13-28/h6-16,18,21-23H,17,19-20,24,42H2,1-3H3. The second-order valence-electron chi connectivity index (χ2n) is 11.5. The van der Waals surface area contributed by atoms with Crippen molar-refractivity contribution in [1.29, 1.82) is 0 Å². The van der Waals surface area contributed by atoms with Gasteiger partial charge in [0.25, 0.3) is 0 Å². The minimum atomic E-state index is -0.569. The van der Waals surface area contributed by atoms with Gasteiger partial charge in [-0.1, -0.05) is 52.2 Å². The lowest BCUT2D eigenvalue weighted by molar-refractivity contribution is 0.437.